The number of aromatic nitrogens is 1. The van der Waals surface area contributed by atoms with Gasteiger partial charge in [-0.1, -0.05) is 17.3 Å². The maximum Gasteiger partial charge on any atom is 0.358 e. The summed E-state index contributed by atoms with van der Waals surface area (Å²) in [6, 6.07) is 8.85. The third kappa shape index (κ3) is 2.65. The molecule has 0 aliphatic carbocycles. The predicted octanol–water partition coefficient (Wildman–Crippen LogP) is 2.92. The van der Waals surface area contributed by atoms with Crippen LogP contribution in [0.25, 0.3) is 11.3 Å². The van der Waals surface area contributed by atoms with E-state index in [9.17, 15) is 4.79 Å². The molecule has 2 heterocycles. The summed E-state index contributed by atoms with van der Waals surface area (Å²) in [5.74, 6) is 2.09. The quantitative estimate of drug-likeness (QED) is 0.933. The van der Waals surface area contributed by atoms with Gasteiger partial charge in [-0.15, -0.1) is 0 Å². The summed E-state index contributed by atoms with van der Waals surface area (Å²) in [5.41, 5.74) is 0.621. The lowest BCUT2D eigenvalue weighted by Crippen LogP contribution is -2.15. The molecule has 3 rings (SSSR count). The molecule has 1 aromatic carbocycles. The lowest BCUT2D eigenvalue weighted by molar-refractivity contribution is 0.0686. The molecule has 0 spiro atoms. The highest BCUT2D eigenvalue weighted by molar-refractivity contribution is 7.99. The van der Waals surface area contributed by atoms with Crippen molar-refractivity contribution >= 4 is 17.7 Å². The van der Waals surface area contributed by atoms with Gasteiger partial charge < -0.3 is 14.4 Å². The molecule has 20 heavy (non-hydrogen) atoms. The highest BCUT2D eigenvalue weighted by atomic mass is 32.2. The van der Waals surface area contributed by atoms with Gasteiger partial charge in [0.05, 0.1) is 5.56 Å². The Labute approximate surface area is 119 Å². The van der Waals surface area contributed by atoms with Gasteiger partial charge in [0.1, 0.15) is 11.9 Å². The van der Waals surface area contributed by atoms with Crippen LogP contribution in [0, 0.1) is 0 Å². The van der Waals surface area contributed by atoms with Crippen molar-refractivity contribution in [2.75, 3.05) is 11.5 Å². The number of hydrogen-bond donors (Lipinski definition) is 1. The number of nitrogens with zero attached hydrogens (tertiary/aromatic N) is 1. The van der Waals surface area contributed by atoms with Gasteiger partial charge in [-0.3, -0.25) is 0 Å². The molecule has 0 saturated carbocycles. The first kappa shape index (κ1) is 13.1. The Morgan fingerprint density at radius 2 is 2.30 bits per heavy atom. The summed E-state index contributed by atoms with van der Waals surface area (Å²) in [5, 5.41) is 12.4. The van der Waals surface area contributed by atoms with Gasteiger partial charge in [-0.25, -0.2) is 4.79 Å². The van der Waals surface area contributed by atoms with Gasteiger partial charge in [-0.2, -0.15) is 11.8 Å². The molecule has 1 N–H and O–H groups in total. The number of carbonyl (C=O) groups is 1. The van der Waals surface area contributed by atoms with E-state index in [0.29, 0.717) is 11.5 Å². The number of carboxylic acid groups (broad SMARTS) is 1. The van der Waals surface area contributed by atoms with Crippen molar-refractivity contribution in [1.82, 2.24) is 5.16 Å². The predicted molar refractivity (Wildman–Crippen MR) is 75.3 cm³/mol. The number of benzene rings is 1. The Morgan fingerprint density at radius 1 is 1.45 bits per heavy atom. The van der Waals surface area contributed by atoms with E-state index in [1.807, 2.05) is 36.0 Å². The Bertz CT molecular complexity index is 619. The average molecular weight is 291 g/mol. The Hall–Kier alpha value is -1.95. The topological polar surface area (TPSA) is 72.6 Å². The van der Waals surface area contributed by atoms with Gasteiger partial charge >= 0.3 is 5.97 Å². The number of para-hydroxylation sites is 1. The first-order valence-electron chi connectivity index (χ1n) is 6.28. The smallest absolute Gasteiger partial charge is 0.358 e. The number of hydrogen-bond acceptors (Lipinski definition) is 5. The largest absolute Gasteiger partial charge is 0.489 e. The van der Waals surface area contributed by atoms with Gasteiger partial charge in [0.15, 0.2) is 11.5 Å². The summed E-state index contributed by atoms with van der Waals surface area (Å²) in [6.07, 6.45) is 1.22. The van der Waals surface area contributed by atoms with E-state index in [-0.39, 0.29) is 11.8 Å². The molecular weight excluding hydrogens is 278 g/mol. The van der Waals surface area contributed by atoms with Gasteiger partial charge in [0.25, 0.3) is 0 Å². The van der Waals surface area contributed by atoms with Crippen LogP contribution in [-0.2, 0) is 0 Å². The van der Waals surface area contributed by atoms with Gasteiger partial charge in [0.2, 0.25) is 0 Å². The van der Waals surface area contributed by atoms with Crippen LogP contribution < -0.4 is 4.74 Å². The second-order valence-electron chi connectivity index (χ2n) is 4.48. The molecular formula is C14H13NO4S. The van der Waals surface area contributed by atoms with Crippen LogP contribution in [0.5, 0.6) is 5.75 Å². The zero-order valence-corrected chi connectivity index (χ0v) is 11.4. The van der Waals surface area contributed by atoms with E-state index in [4.69, 9.17) is 14.4 Å². The van der Waals surface area contributed by atoms with Crippen LogP contribution in [0.4, 0.5) is 0 Å². The van der Waals surface area contributed by atoms with Crippen LogP contribution >= 0.6 is 11.8 Å². The van der Waals surface area contributed by atoms with Crippen molar-refractivity contribution in [2.45, 2.75) is 12.5 Å². The van der Waals surface area contributed by atoms with E-state index >= 15 is 0 Å². The van der Waals surface area contributed by atoms with Crippen LogP contribution in [0.2, 0.25) is 0 Å². The van der Waals surface area contributed by atoms with Crippen LogP contribution in [0.1, 0.15) is 16.9 Å². The Kier molecular flexibility index (Phi) is 3.64. The molecule has 1 unspecified atom stereocenters. The molecule has 104 valence electrons. The van der Waals surface area contributed by atoms with Crippen molar-refractivity contribution in [3.05, 3.63) is 36.0 Å². The molecule has 6 heteroatoms. The molecule has 0 radical (unpaired) electrons. The van der Waals surface area contributed by atoms with Gasteiger partial charge in [0, 0.05) is 11.8 Å². The maximum atomic E-state index is 10.9. The Morgan fingerprint density at radius 3 is 3.00 bits per heavy atom. The number of rotatable bonds is 4. The second-order valence-corrected chi connectivity index (χ2v) is 5.63. The summed E-state index contributed by atoms with van der Waals surface area (Å²) >= 11 is 1.87. The molecule has 1 atom stereocenters. The molecule has 5 nitrogen and oxygen atoms in total. The zero-order chi connectivity index (χ0) is 13.9. The first-order chi connectivity index (χ1) is 9.74. The van der Waals surface area contributed by atoms with Crippen LogP contribution in [0.3, 0.4) is 0 Å². The minimum absolute atomic E-state index is 0.105. The minimum Gasteiger partial charge on any atom is -0.489 e. The number of aromatic carboxylic acids is 1. The third-order valence-electron chi connectivity index (χ3n) is 3.06. The van der Waals surface area contributed by atoms with E-state index in [1.165, 1.54) is 6.07 Å². The minimum atomic E-state index is -1.11. The summed E-state index contributed by atoms with van der Waals surface area (Å²) in [7, 11) is 0. The van der Waals surface area contributed by atoms with Crippen molar-refractivity contribution in [2.24, 2.45) is 0 Å². The van der Waals surface area contributed by atoms with Crippen LogP contribution in [0.15, 0.2) is 34.9 Å². The number of ether oxygens (including phenoxy) is 1. The second kappa shape index (κ2) is 5.58. The van der Waals surface area contributed by atoms with Gasteiger partial charge in [-0.05, 0) is 24.3 Å². The highest BCUT2D eigenvalue weighted by Crippen LogP contribution is 2.33. The van der Waals surface area contributed by atoms with Crippen molar-refractivity contribution in [1.29, 1.82) is 0 Å². The lowest BCUT2D eigenvalue weighted by Gasteiger charge is -2.14. The average Bonchev–Trinajstić information content (AvgIpc) is 3.10. The molecule has 1 aliphatic rings. The lowest BCUT2D eigenvalue weighted by atomic mass is 10.1. The number of thioether (sulfide) groups is 1. The van der Waals surface area contributed by atoms with E-state index < -0.39 is 5.97 Å². The monoisotopic (exact) mass is 291 g/mol. The van der Waals surface area contributed by atoms with Crippen molar-refractivity contribution < 1.29 is 19.2 Å². The molecule has 2 aromatic rings. The highest BCUT2D eigenvalue weighted by Gasteiger charge is 2.20. The van der Waals surface area contributed by atoms with Crippen molar-refractivity contribution in [3.63, 3.8) is 0 Å². The number of carboxylic acids is 1. The molecule has 0 bridgehead atoms. The summed E-state index contributed by atoms with van der Waals surface area (Å²) < 4.78 is 11.1. The normalized spacial score (nSPS) is 18.1. The SMILES string of the molecule is O=C(O)c1cc(-c2ccccc2OC2CCSC2)on1. The fourth-order valence-electron chi connectivity index (χ4n) is 2.06. The fourth-order valence-corrected chi connectivity index (χ4v) is 3.16. The maximum absolute atomic E-state index is 10.9. The molecule has 1 aromatic heterocycles. The standard InChI is InChI=1S/C14H13NO4S/c16-14(17)11-7-13(19-15-11)10-3-1-2-4-12(10)18-9-5-6-20-8-9/h1-4,7,9H,5-6,8H2,(H,16,17). The summed E-state index contributed by atoms with van der Waals surface area (Å²) in [6.45, 7) is 0. The first-order valence-corrected chi connectivity index (χ1v) is 7.43. The van der Waals surface area contributed by atoms with E-state index in [2.05, 4.69) is 5.16 Å². The summed E-state index contributed by atoms with van der Waals surface area (Å²) in [4.78, 5) is 10.9. The van der Waals surface area contributed by atoms with E-state index in [0.717, 1.165) is 23.5 Å². The third-order valence-corrected chi connectivity index (χ3v) is 4.20. The fraction of sp³-hybridized carbons (Fsp3) is 0.286. The molecule has 1 aliphatic heterocycles. The molecule has 1 fully saturated rings. The Balaban J connectivity index is 1.89. The van der Waals surface area contributed by atoms with E-state index in [1.54, 1.807) is 0 Å². The van der Waals surface area contributed by atoms with Crippen molar-refractivity contribution in [3.8, 4) is 17.1 Å². The molecule has 0 amide bonds. The molecule has 1 saturated heterocycles. The van der Waals surface area contributed by atoms with Crippen LogP contribution in [-0.4, -0.2) is 33.8 Å². The zero-order valence-electron chi connectivity index (χ0n) is 10.6.